The molecule has 5 heteroatoms. The molecule has 0 atom stereocenters. The first-order valence-corrected chi connectivity index (χ1v) is 6.23. The Morgan fingerprint density at radius 2 is 2.22 bits per heavy atom. The van der Waals surface area contributed by atoms with Crippen molar-refractivity contribution < 1.29 is 9.53 Å². The number of carbonyl (C=O) groups excluding carboxylic acids is 1. The van der Waals surface area contributed by atoms with Gasteiger partial charge in [-0.15, -0.1) is 0 Å². The third-order valence-electron chi connectivity index (χ3n) is 2.41. The van der Waals surface area contributed by atoms with Crippen LogP contribution in [-0.2, 0) is 4.74 Å². The minimum absolute atomic E-state index is 0.147. The number of unbranched alkanes of at least 4 members (excludes halogenated alkanes) is 1. The second-order valence-corrected chi connectivity index (χ2v) is 4.14. The number of anilines is 1. The summed E-state index contributed by atoms with van der Waals surface area (Å²) in [5.74, 6) is 0.214. The number of rotatable bonds is 7. The van der Waals surface area contributed by atoms with Gasteiger partial charge in [0.15, 0.2) is 0 Å². The number of ether oxygens (including phenoxy) is 1. The van der Waals surface area contributed by atoms with Crippen LogP contribution in [0.15, 0.2) is 12.1 Å². The second kappa shape index (κ2) is 7.66. The van der Waals surface area contributed by atoms with Gasteiger partial charge in [0.2, 0.25) is 0 Å². The predicted octanol–water partition coefficient (Wildman–Crippen LogP) is 1.52. The van der Waals surface area contributed by atoms with Crippen LogP contribution in [0.3, 0.4) is 0 Å². The van der Waals surface area contributed by atoms with Crippen molar-refractivity contribution >= 4 is 11.7 Å². The number of aryl methyl sites for hydroxylation is 1. The molecule has 1 aromatic rings. The third kappa shape index (κ3) is 5.14. The van der Waals surface area contributed by atoms with Gasteiger partial charge in [0, 0.05) is 24.4 Å². The molecule has 100 valence electrons. The van der Waals surface area contributed by atoms with Crippen molar-refractivity contribution in [1.82, 2.24) is 10.3 Å². The summed E-state index contributed by atoms with van der Waals surface area (Å²) >= 11 is 0. The smallest absolute Gasteiger partial charge is 0.251 e. The fourth-order valence-electron chi connectivity index (χ4n) is 1.51. The molecule has 0 bridgehead atoms. The molecular weight excluding hydrogens is 230 g/mol. The molecule has 1 amide bonds. The maximum Gasteiger partial charge on any atom is 0.251 e. The quantitative estimate of drug-likeness (QED) is 0.720. The van der Waals surface area contributed by atoms with Crippen LogP contribution in [0.25, 0.3) is 0 Å². The number of pyridine rings is 1. The Labute approximate surface area is 108 Å². The summed E-state index contributed by atoms with van der Waals surface area (Å²) < 4.78 is 5.36. The average Bonchev–Trinajstić information content (AvgIpc) is 2.32. The Bertz CT molecular complexity index is 374. The van der Waals surface area contributed by atoms with Gasteiger partial charge in [-0.3, -0.25) is 4.79 Å². The Kier molecular flexibility index (Phi) is 6.14. The van der Waals surface area contributed by atoms with Crippen molar-refractivity contribution in [1.29, 1.82) is 0 Å². The standard InChI is InChI=1S/C13H21N3O2/c1-3-4-6-18-7-5-15-13(17)11-8-10(2)16-12(14)9-11/h8-9H,3-7H2,1-2H3,(H2,14,16)(H,15,17). The number of aromatic nitrogens is 1. The van der Waals surface area contributed by atoms with Crippen LogP contribution in [0.2, 0.25) is 0 Å². The summed E-state index contributed by atoms with van der Waals surface area (Å²) in [4.78, 5) is 15.8. The number of nitrogen functional groups attached to an aromatic ring is 1. The van der Waals surface area contributed by atoms with E-state index in [-0.39, 0.29) is 5.91 Å². The summed E-state index contributed by atoms with van der Waals surface area (Å²) in [6.45, 7) is 5.70. The minimum atomic E-state index is -0.147. The zero-order valence-corrected chi connectivity index (χ0v) is 11.0. The molecule has 0 unspecified atom stereocenters. The van der Waals surface area contributed by atoms with Gasteiger partial charge < -0.3 is 15.8 Å². The molecule has 1 heterocycles. The first-order chi connectivity index (χ1) is 8.63. The number of nitrogens with one attached hydrogen (secondary N) is 1. The Hall–Kier alpha value is -1.62. The summed E-state index contributed by atoms with van der Waals surface area (Å²) in [6, 6.07) is 3.28. The number of hydrogen-bond acceptors (Lipinski definition) is 4. The molecule has 0 aliphatic heterocycles. The van der Waals surface area contributed by atoms with E-state index in [0.29, 0.717) is 24.5 Å². The van der Waals surface area contributed by atoms with Crippen LogP contribution in [0.5, 0.6) is 0 Å². The molecule has 0 aromatic carbocycles. The molecule has 0 spiro atoms. The number of nitrogens with zero attached hydrogens (tertiary/aromatic N) is 1. The molecule has 0 radical (unpaired) electrons. The van der Waals surface area contributed by atoms with Crippen LogP contribution < -0.4 is 11.1 Å². The molecule has 0 fully saturated rings. The monoisotopic (exact) mass is 251 g/mol. The van der Waals surface area contributed by atoms with Crippen LogP contribution in [0.1, 0.15) is 35.8 Å². The van der Waals surface area contributed by atoms with Gasteiger partial charge in [-0.1, -0.05) is 13.3 Å². The minimum Gasteiger partial charge on any atom is -0.384 e. The first-order valence-electron chi connectivity index (χ1n) is 6.23. The Balaban J connectivity index is 2.32. The third-order valence-corrected chi connectivity index (χ3v) is 2.41. The van der Waals surface area contributed by atoms with Crippen LogP contribution in [0.4, 0.5) is 5.82 Å². The lowest BCUT2D eigenvalue weighted by molar-refractivity contribution is 0.0912. The van der Waals surface area contributed by atoms with Gasteiger partial charge in [-0.05, 0) is 25.5 Å². The van der Waals surface area contributed by atoms with Crippen LogP contribution >= 0.6 is 0 Å². The SMILES string of the molecule is CCCCOCCNC(=O)c1cc(C)nc(N)c1. The highest BCUT2D eigenvalue weighted by molar-refractivity contribution is 5.94. The molecule has 5 nitrogen and oxygen atoms in total. The predicted molar refractivity (Wildman–Crippen MR) is 71.4 cm³/mol. The van der Waals surface area contributed by atoms with Crippen molar-refractivity contribution in [3.63, 3.8) is 0 Å². The molecule has 0 aliphatic rings. The average molecular weight is 251 g/mol. The van der Waals surface area contributed by atoms with E-state index >= 15 is 0 Å². The molecular formula is C13H21N3O2. The van der Waals surface area contributed by atoms with E-state index < -0.39 is 0 Å². The fraction of sp³-hybridized carbons (Fsp3) is 0.538. The highest BCUT2D eigenvalue weighted by Crippen LogP contribution is 2.06. The van der Waals surface area contributed by atoms with Crippen molar-refractivity contribution in [2.75, 3.05) is 25.5 Å². The Morgan fingerprint density at radius 3 is 2.89 bits per heavy atom. The number of carbonyl (C=O) groups is 1. The normalized spacial score (nSPS) is 10.3. The number of hydrogen-bond donors (Lipinski definition) is 2. The molecule has 1 aromatic heterocycles. The fourth-order valence-corrected chi connectivity index (χ4v) is 1.51. The van der Waals surface area contributed by atoms with Gasteiger partial charge >= 0.3 is 0 Å². The van der Waals surface area contributed by atoms with E-state index in [2.05, 4.69) is 17.2 Å². The Morgan fingerprint density at radius 1 is 1.44 bits per heavy atom. The summed E-state index contributed by atoms with van der Waals surface area (Å²) in [7, 11) is 0. The van der Waals surface area contributed by atoms with E-state index in [1.165, 1.54) is 0 Å². The van der Waals surface area contributed by atoms with E-state index in [9.17, 15) is 4.79 Å². The van der Waals surface area contributed by atoms with Crippen LogP contribution in [0, 0.1) is 6.92 Å². The van der Waals surface area contributed by atoms with Gasteiger partial charge in [0.05, 0.1) is 6.61 Å². The summed E-state index contributed by atoms with van der Waals surface area (Å²) in [6.07, 6.45) is 2.16. The highest BCUT2D eigenvalue weighted by Gasteiger charge is 2.06. The number of amides is 1. The van der Waals surface area contributed by atoms with Gasteiger partial charge in [-0.25, -0.2) is 4.98 Å². The lowest BCUT2D eigenvalue weighted by Crippen LogP contribution is -2.27. The molecule has 3 N–H and O–H groups in total. The highest BCUT2D eigenvalue weighted by atomic mass is 16.5. The van der Waals surface area contributed by atoms with Crippen molar-refractivity contribution in [2.45, 2.75) is 26.7 Å². The molecule has 18 heavy (non-hydrogen) atoms. The summed E-state index contributed by atoms with van der Waals surface area (Å²) in [5.41, 5.74) is 6.86. The molecule has 0 saturated heterocycles. The summed E-state index contributed by atoms with van der Waals surface area (Å²) in [5, 5.41) is 2.78. The largest absolute Gasteiger partial charge is 0.384 e. The lowest BCUT2D eigenvalue weighted by atomic mass is 10.2. The van der Waals surface area contributed by atoms with E-state index in [1.807, 2.05) is 0 Å². The van der Waals surface area contributed by atoms with Crippen LogP contribution in [-0.4, -0.2) is 30.6 Å². The van der Waals surface area contributed by atoms with Gasteiger partial charge in [0.25, 0.3) is 5.91 Å². The van der Waals surface area contributed by atoms with Gasteiger partial charge in [0.1, 0.15) is 5.82 Å². The second-order valence-electron chi connectivity index (χ2n) is 4.14. The van der Waals surface area contributed by atoms with E-state index in [1.54, 1.807) is 19.1 Å². The van der Waals surface area contributed by atoms with E-state index in [4.69, 9.17) is 10.5 Å². The van der Waals surface area contributed by atoms with Crippen molar-refractivity contribution in [3.05, 3.63) is 23.4 Å². The zero-order chi connectivity index (χ0) is 13.4. The maximum absolute atomic E-state index is 11.8. The van der Waals surface area contributed by atoms with Crippen molar-refractivity contribution in [2.24, 2.45) is 0 Å². The lowest BCUT2D eigenvalue weighted by Gasteiger charge is -2.07. The van der Waals surface area contributed by atoms with Crippen molar-refractivity contribution in [3.8, 4) is 0 Å². The maximum atomic E-state index is 11.8. The molecule has 0 saturated carbocycles. The molecule has 1 rings (SSSR count). The van der Waals surface area contributed by atoms with E-state index in [0.717, 1.165) is 25.1 Å². The molecule has 0 aliphatic carbocycles. The topological polar surface area (TPSA) is 77.2 Å². The first kappa shape index (κ1) is 14.4. The number of nitrogens with two attached hydrogens (primary N) is 1. The van der Waals surface area contributed by atoms with Gasteiger partial charge in [-0.2, -0.15) is 0 Å². The zero-order valence-electron chi connectivity index (χ0n) is 11.0.